The minimum atomic E-state index is 0.264. The molecule has 0 N–H and O–H groups in total. The lowest BCUT2D eigenvalue weighted by Crippen LogP contribution is -2.34. The fraction of sp³-hybridized carbons (Fsp3) is 0.0606. The second kappa shape index (κ2) is 19.6. The van der Waals surface area contributed by atoms with Crippen molar-refractivity contribution in [2.24, 2.45) is 0 Å². The minimum Gasteiger partial charge on any atom is -0.338 e. The van der Waals surface area contributed by atoms with Crippen LogP contribution in [0.25, 0.3) is 61.2 Å². The van der Waals surface area contributed by atoms with E-state index in [0.717, 1.165) is 36.3 Å². The van der Waals surface area contributed by atoms with E-state index in [1.54, 1.807) is 0 Å². The Morgan fingerprint density at radius 2 is 0.809 bits per heavy atom. The van der Waals surface area contributed by atoms with Gasteiger partial charge in [0.1, 0.15) is 0 Å². The summed E-state index contributed by atoms with van der Waals surface area (Å²) >= 11 is 0. The van der Waals surface area contributed by atoms with Crippen molar-refractivity contribution in [3.8, 4) is 55.6 Å². The molecular formula is C66H52N2. The molecule has 1 unspecified atom stereocenters. The van der Waals surface area contributed by atoms with Crippen LogP contribution in [0.4, 0.5) is 22.7 Å². The zero-order chi connectivity index (χ0) is 45.5. The molecule has 0 saturated carbocycles. The molecule has 2 heteroatoms. The first-order valence-electron chi connectivity index (χ1n) is 23.8. The van der Waals surface area contributed by atoms with Gasteiger partial charge in [-0.15, -0.1) is 0 Å². The van der Waals surface area contributed by atoms with Crippen LogP contribution in [0.15, 0.2) is 279 Å². The Hall–Kier alpha value is -8.46. The van der Waals surface area contributed by atoms with Crippen molar-refractivity contribution in [3.05, 3.63) is 284 Å². The molecule has 11 rings (SSSR count). The second-order valence-corrected chi connectivity index (χ2v) is 17.6. The van der Waals surface area contributed by atoms with E-state index in [0.29, 0.717) is 0 Å². The molecule has 2 aliphatic carbocycles. The monoisotopic (exact) mass is 872 g/mol. The summed E-state index contributed by atoms with van der Waals surface area (Å²) in [6, 6.07) is 85.9. The SMILES string of the molecule is C1=CCCC(N(c2ccc(-c3ccc(-c4ccc(-c5ccc(N(c6ccccc6)c6ccc(-c7ccccc7)cc6)cc5-c5ccccc5)cc4)cc3)cc2)C2C=CC(c3ccccc3)=CC2)=C1. The third-order valence-corrected chi connectivity index (χ3v) is 13.3. The van der Waals surface area contributed by atoms with Gasteiger partial charge in [0.05, 0.1) is 6.04 Å². The standard InChI is InChI=1S/C66H52N2/c1-6-16-49(17-7-1)54-34-40-61(41-35-54)67(59-22-12-4-13-23-59)62-42-38-56(39-43-62)52-28-26-51(27-29-52)53-30-32-58(33-31-53)65-47-46-64(48-66(65)57-20-10-3-11-21-57)68(60-24-14-5-15-25-60)63-44-36-55(37-45-63)50-18-8-2-9-19-50/h1-12,14-22,24-40,42-48,61H,13,23,41H2. The lowest BCUT2D eigenvalue weighted by molar-refractivity contribution is 0.722. The normalized spacial score (nSPS) is 14.2. The van der Waals surface area contributed by atoms with Gasteiger partial charge in [-0.05, 0) is 141 Å². The van der Waals surface area contributed by atoms with Crippen LogP contribution in [0.1, 0.15) is 24.8 Å². The summed E-state index contributed by atoms with van der Waals surface area (Å²) in [6.45, 7) is 0. The highest BCUT2D eigenvalue weighted by molar-refractivity contribution is 5.90. The predicted molar refractivity (Wildman–Crippen MR) is 289 cm³/mol. The second-order valence-electron chi connectivity index (χ2n) is 17.6. The molecule has 68 heavy (non-hydrogen) atoms. The first-order valence-corrected chi connectivity index (χ1v) is 23.8. The maximum absolute atomic E-state index is 2.54. The van der Waals surface area contributed by atoms with Crippen LogP contribution in [0.5, 0.6) is 0 Å². The van der Waals surface area contributed by atoms with E-state index in [9.17, 15) is 0 Å². The van der Waals surface area contributed by atoms with E-state index in [1.165, 1.54) is 78.2 Å². The number of benzene rings is 9. The number of para-hydroxylation sites is 1. The molecule has 2 nitrogen and oxygen atoms in total. The van der Waals surface area contributed by atoms with E-state index in [1.807, 2.05) is 0 Å². The van der Waals surface area contributed by atoms with Crippen molar-refractivity contribution in [3.63, 3.8) is 0 Å². The third kappa shape index (κ3) is 9.05. The summed E-state index contributed by atoms with van der Waals surface area (Å²) in [5.74, 6) is 0. The van der Waals surface area contributed by atoms with Gasteiger partial charge in [-0.2, -0.15) is 0 Å². The van der Waals surface area contributed by atoms with E-state index in [4.69, 9.17) is 0 Å². The van der Waals surface area contributed by atoms with Crippen molar-refractivity contribution in [2.45, 2.75) is 25.3 Å². The molecule has 9 aromatic carbocycles. The fourth-order valence-corrected chi connectivity index (χ4v) is 9.76. The first-order chi connectivity index (χ1) is 33.7. The fourth-order valence-electron chi connectivity index (χ4n) is 9.76. The Morgan fingerprint density at radius 1 is 0.368 bits per heavy atom. The molecular weight excluding hydrogens is 821 g/mol. The lowest BCUT2D eigenvalue weighted by atomic mass is 9.92. The van der Waals surface area contributed by atoms with Crippen molar-refractivity contribution < 1.29 is 0 Å². The number of rotatable bonds is 12. The number of hydrogen-bond donors (Lipinski definition) is 0. The summed E-state index contributed by atoms with van der Waals surface area (Å²) in [7, 11) is 0. The Bertz CT molecular complexity index is 3240. The number of allylic oxidation sites excluding steroid dienone is 6. The number of hydrogen-bond acceptors (Lipinski definition) is 2. The first kappa shape index (κ1) is 42.2. The summed E-state index contributed by atoms with van der Waals surface area (Å²) < 4.78 is 0. The molecule has 9 aromatic rings. The predicted octanol–water partition coefficient (Wildman–Crippen LogP) is 17.9. The quantitative estimate of drug-likeness (QED) is 0.121. The zero-order valence-corrected chi connectivity index (χ0v) is 38.1. The maximum atomic E-state index is 2.54. The Morgan fingerprint density at radius 3 is 1.34 bits per heavy atom. The van der Waals surface area contributed by atoms with Crippen LogP contribution in [-0.4, -0.2) is 6.04 Å². The Labute approximate surface area is 401 Å². The van der Waals surface area contributed by atoms with Crippen molar-refractivity contribution in [1.82, 2.24) is 0 Å². The highest BCUT2D eigenvalue weighted by Gasteiger charge is 2.23. The summed E-state index contributed by atoms with van der Waals surface area (Å²) in [4.78, 5) is 4.89. The van der Waals surface area contributed by atoms with Gasteiger partial charge in [-0.3, -0.25) is 0 Å². The number of anilines is 4. The maximum Gasteiger partial charge on any atom is 0.0557 e. The third-order valence-electron chi connectivity index (χ3n) is 13.3. The van der Waals surface area contributed by atoms with Crippen LogP contribution in [0, 0.1) is 0 Å². The highest BCUT2D eigenvalue weighted by atomic mass is 15.2. The molecule has 2 aliphatic rings. The minimum absolute atomic E-state index is 0.264. The topological polar surface area (TPSA) is 6.48 Å². The molecule has 0 amide bonds. The van der Waals surface area contributed by atoms with Crippen molar-refractivity contribution in [1.29, 1.82) is 0 Å². The Kier molecular flexibility index (Phi) is 12.1. The molecule has 1 atom stereocenters. The van der Waals surface area contributed by atoms with Crippen LogP contribution in [0.2, 0.25) is 0 Å². The van der Waals surface area contributed by atoms with Crippen LogP contribution < -0.4 is 9.80 Å². The van der Waals surface area contributed by atoms with Crippen LogP contribution in [0.3, 0.4) is 0 Å². The molecule has 0 aliphatic heterocycles. The molecule has 0 aromatic heterocycles. The lowest BCUT2D eigenvalue weighted by Gasteiger charge is -2.36. The van der Waals surface area contributed by atoms with Gasteiger partial charge in [0.25, 0.3) is 0 Å². The van der Waals surface area contributed by atoms with Crippen molar-refractivity contribution in [2.75, 3.05) is 9.80 Å². The van der Waals surface area contributed by atoms with Crippen LogP contribution in [-0.2, 0) is 0 Å². The van der Waals surface area contributed by atoms with Gasteiger partial charge < -0.3 is 9.80 Å². The molecule has 0 radical (unpaired) electrons. The van der Waals surface area contributed by atoms with E-state index < -0.39 is 0 Å². The Balaban J connectivity index is 0.842. The summed E-state index contributed by atoms with van der Waals surface area (Å²) in [5, 5.41) is 0. The molecule has 0 saturated heterocycles. The van der Waals surface area contributed by atoms with Gasteiger partial charge in [0, 0.05) is 28.4 Å². The van der Waals surface area contributed by atoms with Gasteiger partial charge in [-0.1, -0.05) is 218 Å². The van der Waals surface area contributed by atoms with Gasteiger partial charge >= 0.3 is 0 Å². The van der Waals surface area contributed by atoms with E-state index in [2.05, 4.69) is 283 Å². The van der Waals surface area contributed by atoms with Crippen LogP contribution >= 0.6 is 0 Å². The largest absolute Gasteiger partial charge is 0.338 e. The van der Waals surface area contributed by atoms with Crippen molar-refractivity contribution >= 4 is 28.3 Å². The highest BCUT2D eigenvalue weighted by Crippen LogP contribution is 2.42. The molecule has 0 spiro atoms. The smallest absolute Gasteiger partial charge is 0.0557 e. The summed E-state index contributed by atoms with van der Waals surface area (Å²) in [5.41, 5.74) is 20.4. The van der Waals surface area contributed by atoms with Gasteiger partial charge in [-0.25, -0.2) is 0 Å². The molecule has 326 valence electrons. The van der Waals surface area contributed by atoms with Gasteiger partial charge in [0.15, 0.2) is 0 Å². The average molecular weight is 873 g/mol. The zero-order valence-electron chi connectivity index (χ0n) is 38.1. The van der Waals surface area contributed by atoms with E-state index >= 15 is 0 Å². The molecule has 0 fully saturated rings. The average Bonchev–Trinajstić information content (AvgIpc) is 3.43. The van der Waals surface area contributed by atoms with E-state index in [-0.39, 0.29) is 6.04 Å². The molecule has 0 bridgehead atoms. The molecule has 0 heterocycles. The van der Waals surface area contributed by atoms with Gasteiger partial charge in [0.2, 0.25) is 0 Å². The number of nitrogens with zero attached hydrogens (tertiary/aromatic N) is 2. The summed E-state index contributed by atoms with van der Waals surface area (Å²) in [6.07, 6.45) is 16.9.